The molecule has 0 bridgehead atoms. The maximum Gasteiger partial charge on any atom is 0.240 e. The molecule has 0 fully saturated rings. The second-order valence-electron chi connectivity index (χ2n) is 7.63. The Morgan fingerprint density at radius 3 is 2.17 bits per heavy atom. The lowest BCUT2D eigenvalue weighted by Crippen LogP contribution is -2.47. The fraction of sp³-hybridized carbons (Fsp3) is 0.120. The van der Waals surface area contributed by atoms with Gasteiger partial charge in [-0.3, -0.25) is 9.59 Å². The Balaban J connectivity index is 1.45. The van der Waals surface area contributed by atoms with Crippen LogP contribution < -0.4 is 11.1 Å². The van der Waals surface area contributed by atoms with Crippen molar-refractivity contribution in [3.63, 3.8) is 0 Å². The van der Waals surface area contributed by atoms with E-state index in [4.69, 9.17) is 5.73 Å². The number of primary amides is 1. The number of rotatable bonds is 5. The smallest absolute Gasteiger partial charge is 0.240 e. The molecule has 0 unspecified atom stereocenters. The Morgan fingerprint density at radius 1 is 0.900 bits per heavy atom. The van der Waals surface area contributed by atoms with E-state index in [0.717, 1.165) is 38.7 Å². The van der Waals surface area contributed by atoms with Crippen LogP contribution in [-0.4, -0.2) is 22.8 Å². The highest BCUT2D eigenvalue weighted by atomic mass is 16.2. The average molecular weight is 395 g/mol. The minimum Gasteiger partial charge on any atom is -0.368 e. The van der Waals surface area contributed by atoms with E-state index in [1.54, 1.807) is 0 Å². The number of hydrogen-bond acceptors (Lipinski definition) is 2. The van der Waals surface area contributed by atoms with Crippen LogP contribution in [0.15, 0.2) is 79.0 Å². The molecule has 3 aromatic carbocycles. The normalized spacial score (nSPS) is 13.6. The van der Waals surface area contributed by atoms with Crippen molar-refractivity contribution in [1.29, 1.82) is 0 Å². The molecule has 2 amide bonds. The zero-order chi connectivity index (χ0) is 20.7. The maximum atomic E-state index is 13.4. The highest BCUT2D eigenvalue weighted by molar-refractivity contribution is 5.98. The van der Waals surface area contributed by atoms with E-state index in [2.05, 4.69) is 10.3 Å². The number of hydrogen-bond donors (Lipinski definition) is 3. The first kappa shape index (κ1) is 18.2. The second-order valence-corrected chi connectivity index (χ2v) is 7.63. The third-order valence-electron chi connectivity index (χ3n) is 5.85. The number of aromatic nitrogens is 1. The van der Waals surface area contributed by atoms with Crippen LogP contribution in [0, 0.1) is 0 Å². The molecule has 5 rings (SSSR count). The summed E-state index contributed by atoms with van der Waals surface area (Å²) in [4.78, 5) is 28.8. The lowest BCUT2D eigenvalue weighted by Gasteiger charge is -2.19. The number of carbonyl (C=O) groups is 2. The highest BCUT2D eigenvalue weighted by Crippen LogP contribution is 2.44. The van der Waals surface area contributed by atoms with Crippen molar-refractivity contribution >= 4 is 22.7 Å². The average Bonchev–Trinajstić information content (AvgIpc) is 3.32. The van der Waals surface area contributed by atoms with E-state index in [1.165, 1.54) is 0 Å². The molecule has 0 saturated carbocycles. The lowest BCUT2D eigenvalue weighted by atomic mass is 9.95. The fourth-order valence-electron chi connectivity index (χ4n) is 4.44. The molecular weight excluding hydrogens is 374 g/mol. The summed E-state index contributed by atoms with van der Waals surface area (Å²) in [6.07, 6.45) is 2.20. The number of fused-ring (bicyclic) bond motifs is 4. The van der Waals surface area contributed by atoms with Gasteiger partial charge in [0.1, 0.15) is 6.04 Å². The van der Waals surface area contributed by atoms with Gasteiger partial charge in [0.05, 0.1) is 5.92 Å². The third-order valence-corrected chi connectivity index (χ3v) is 5.85. The first-order chi connectivity index (χ1) is 14.6. The molecule has 30 heavy (non-hydrogen) atoms. The van der Waals surface area contributed by atoms with Crippen molar-refractivity contribution in [2.75, 3.05) is 0 Å². The summed E-state index contributed by atoms with van der Waals surface area (Å²) in [6, 6.07) is 22.9. The summed E-state index contributed by atoms with van der Waals surface area (Å²) in [5.41, 5.74) is 11.6. The van der Waals surface area contributed by atoms with E-state index in [9.17, 15) is 9.59 Å². The van der Waals surface area contributed by atoms with Crippen molar-refractivity contribution in [3.8, 4) is 11.1 Å². The molecule has 0 aliphatic heterocycles. The Bertz CT molecular complexity index is 1230. The predicted octanol–water partition coefficient (Wildman–Crippen LogP) is 3.49. The number of carbonyl (C=O) groups excluding carboxylic acids is 2. The number of aromatic amines is 1. The molecule has 4 aromatic rings. The molecule has 1 heterocycles. The largest absolute Gasteiger partial charge is 0.368 e. The zero-order valence-electron chi connectivity index (χ0n) is 16.3. The van der Waals surface area contributed by atoms with Crippen molar-refractivity contribution in [3.05, 3.63) is 95.7 Å². The molecule has 1 atom stereocenters. The van der Waals surface area contributed by atoms with Crippen molar-refractivity contribution < 1.29 is 9.59 Å². The number of para-hydroxylation sites is 1. The standard InChI is InChI=1S/C25H21N3O2/c26-24(29)22(13-15-14-27-21-12-6-5-7-16(15)21)28-25(30)23-19-10-3-1-8-17(19)18-9-2-4-11-20(18)23/h1-12,14,22-23,27H,13H2,(H2,26,29)(H,28,30)/t22-/m0/s1. The molecule has 5 nitrogen and oxygen atoms in total. The quantitative estimate of drug-likeness (QED) is 0.483. The van der Waals surface area contributed by atoms with Gasteiger partial charge in [-0.15, -0.1) is 0 Å². The van der Waals surface area contributed by atoms with Gasteiger partial charge in [0, 0.05) is 23.5 Å². The van der Waals surface area contributed by atoms with Crippen LogP contribution in [0.2, 0.25) is 0 Å². The predicted molar refractivity (Wildman–Crippen MR) is 117 cm³/mol. The van der Waals surface area contributed by atoms with Crippen molar-refractivity contribution in [1.82, 2.24) is 10.3 Å². The minimum atomic E-state index is -0.795. The number of H-pyrrole nitrogens is 1. The van der Waals surface area contributed by atoms with Gasteiger partial charge in [-0.1, -0.05) is 66.7 Å². The van der Waals surface area contributed by atoms with Crippen LogP contribution >= 0.6 is 0 Å². The van der Waals surface area contributed by atoms with Gasteiger partial charge >= 0.3 is 0 Å². The third kappa shape index (κ3) is 2.95. The monoisotopic (exact) mass is 395 g/mol. The van der Waals surface area contributed by atoms with Gasteiger partial charge in [0.25, 0.3) is 0 Å². The SMILES string of the molecule is NC(=O)[C@H](Cc1c[nH]c2ccccc12)NC(=O)C1c2ccccc2-c2ccccc21. The van der Waals surface area contributed by atoms with Gasteiger partial charge in [0.2, 0.25) is 11.8 Å². The number of nitrogens with one attached hydrogen (secondary N) is 2. The Kier molecular flexibility index (Phi) is 4.36. The molecule has 0 spiro atoms. The molecule has 4 N–H and O–H groups in total. The Hall–Kier alpha value is -3.86. The Morgan fingerprint density at radius 2 is 1.50 bits per heavy atom. The number of nitrogens with two attached hydrogens (primary N) is 1. The fourth-order valence-corrected chi connectivity index (χ4v) is 4.44. The second kappa shape index (κ2) is 7.19. The minimum absolute atomic E-state index is 0.212. The molecule has 1 aliphatic carbocycles. The Labute approximate surface area is 173 Å². The molecule has 148 valence electrons. The number of amides is 2. The molecule has 1 aromatic heterocycles. The molecule has 1 aliphatic rings. The zero-order valence-corrected chi connectivity index (χ0v) is 16.3. The summed E-state index contributed by atoms with van der Waals surface area (Å²) in [5, 5.41) is 3.94. The van der Waals surface area contributed by atoms with Crippen LogP contribution in [0.1, 0.15) is 22.6 Å². The van der Waals surface area contributed by atoms with Crippen LogP contribution in [0.3, 0.4) is 0 Å². The summed E-state index contributed by atoms with van der Waals surface area (Å²) < 4.78 is 0. The molecular formula is C25H21N3O2. The molecule has 5 heteroatoms. The highest BCUT2D eigenvalue weighted by Gasteiger charge is 2.35. The van der Waals surface area contributed by atoms with Gasteiger partial charge < -0.3 is 16.0 Å². The topological polar surface area (TPSA) is 88.0 Å². The van der Waals surface area contributed by atoms with E-state index in [0.29, 0.717) is 6.42 Å². The van der Waals surface area contributed by atoms with E-state index < -0.39 is 17.9 Å². The first-order valence-electron chi connectivity index (χ1n) is 9.96. The summed E-state index contributed by atoms with van der Waals surface area (Å²) in [6.45, 7) is 0. The van der Waals surface area contributed by atoms with Gasteiger partial charge in [-0.2, -0.15) is 0 Å². The van der Waals surface area contributed by atoms with E-state index >= 15 is 0 Å². The number of benzene rings is 3. The molecule has 0 saturated heterocycles. The van der Waals surface area contributed by atoms with Crippen LogP contribution in [0.25, 0.3) is 22.0 Å². The summed E-state index contributed by atoms with van der Waals surface area (Å²) in [7, 11) is 0. The van der Waals surface area contributed by atoms with E-state index in [1.807, 2.05) is 79.0 Å². The van der Waals surface area contributed by atoms with Gasteiger partial charge in [-0.05, 0) is 33.9 Å². The van der Waals surface area contributed by atoms with Crippen LogP contribution in [0.5, 0.6) is 0 Å². The summed E-state index contributed by atoms with van der Waals surface area (Å²) >= 11 is 0. The van der Waals surface area contributed by atoms with Crippen LogP contribution in [0.4, 0.5) is 0 Å². The summed E-state index contributed by atoms with van der Waals surface area (Å²) in [5.74, 6) is -1.22. The van der Waals surface area contributed by atoms with Gasteiger partial charge in [-0.25, -0.2) is 0 Å². The lowest BCUT2D eigenvalue weighted by molar-refractivity contribution is -0.127. The molecule has 0 radical (unpaired) electrons. The maximum absolute atomic E-state index is 13.4. The van der Waals surface area contributed by atoms with Gasteiger partial charge in [0.15, 0.2) is 0 Å². The van der Waals surface area contributed by atoms with Crippen LogP contribution in [-0.2, 0) is 16.0 Å². The first-order valence-corrected chi connectivity index (χ1v) is 9.96. The van der Waals surface area contributed by atoms with E-state index in [-0.39, 0.29) is 5.91 Å². The van der Waals surface area contributed by atoms with Crippen molar-refractivity contribution in [2.45, 2.75) is 18.4 Å². The van der Waals surface area contributed by atoms with Crippen molar-refractivity contribution in [2.24, 2.45) is 5.73 Å².